The molecule has 1 unspecified atom stereocenters. The van der Waals surface area contributed by atoms with Gasteiger partial charge in [-0.2, -0.15) is 0 Å². The van der Waals surface area contributed by atoms with Crippen molar-refractivity contribution in [2.45, 2.75) is 71.2 Å². The minimum absolute atomic E-state index is 0.0630. The average Bonchev–Trinajstić information content (AvgIpc) is 3.13. The van der Waals surface area contributed by atoms with E-state index in [-0.39, 0.29) is 23.1 Å². The third-order valence-corrected chi connectivity index (χ3v) is 7.51. The highest BCUT2D eigenvalue weighted by atomic mass is 16.6. The third-order valence-electron chi connectivity index (χ3n) is 7.51. The molecule has 1 aromatic rings. The van der Waals surface area contributed by atoms with Gasteiger partial charge in [0.1, 0.15) is 6.10 Å². The molecule has 3 fully saturated rings. The van der Waals surface area contributed by atoms with Crippen LogP contribution in [0.2, 0.25) is 0 Å². The monoisotopic (exact) mass is 368 g/mol. The number of benzene rings is 1. The smallest absolute Gasteiger partial charge is 0.331 e. The van der Waals surface area contributed by atoms with Gasteiger partial charge in [-0.25, -0.2) is 4.79 Å². The van der Waals surface area contributed by atoms with Crippen molar-refractivity contribution in [1.29, 1.82) is 0 Å². The number of fused-ring (bicyclic) bond motifs is 5. The molecule has 0 amide bonds. The lowest BCUT2D eigenvalue weighted by atomic mass is 9.53. The summed E-state index contributed by atoms with van der Waals surface area (Å²) in [4.78, 5) is 12.7. The van der Waals surface area contributed by atoms with E-state index in [0.717, 1.165) is 24.8 Å². The quantitative estimate of drug-likeness (QED) is 0.538. The maximum Gasteiger partial charge on any atom is 0.331 e. The Balaban J connectivity index is 1.57. The van der Waals surface area contributed by atoms with E-state index in [1.807, 2.05) is 36.4 Å². The fraction of sp³-hybridized carbons (Fsp3) is 0.625. The van der Waals surface area contributed by atoms with Gasteiger partial charge in [-0.1, -0.05) is 51.1 Å². The van der Waals surface area contributed by atoms with E-state index in [9.17, 15) is 4.79 Å². The van der Waals surface area contributed by atoms with Gasteiger partial charge in [0, 0.05) is 17.4 Å². The maximum absolute atomic E-state index is 12.7. The van der Waals surface area contributed by atoms with Crippen LogP contribution in [0.4, 0.5) is 0 Å². The molecule has 0 N–H and O–H groups in total. The second kappa shape index (κ2) is 6.77. The van der Waals surface area contributed by atoms with E-state index in [0.29, 0.717) is 23.9 Å². The Morgan fingerprint density at radius 2 is 1.93 bits per heavy atom. The van der Waals surface area contributed by atoms with Crippen molar-refractivity contribution >= 4 is 12.0 Å². The van der Waals surface area contributed by atoms with Crippen LogP contribution in [0.25, 0.3) is 6.08 Å². The van der Waals surface area contributed by atoms with Crippen molar-refractivity contribution in [2.24, 2.45) is 23.2 Å². The molecule has 6 atom stereocenters. The van der Waals surface area contributed by atoms with Crippen LogP contribution in [0.1, 0.15) is 58.9 Å². The first-order valence-corrected chi connectivity index (χ1v) is 10.4. The van der Waals surface area contributed by atoms with Crippen molar-refractivity contribution in [3.05, 3.63) is 42.0 Å². The molecule has 2 saturated heterocycles. The molecule has 3 heteroatoms. The summed E-state index contributed by atoms with van der Waals surface area (Å²) >= 11 is 0. The van der Waals surface area contributed by atoms with Gasteiger partial charge in [0.15, 0.2) is 0 Å². The van der Waals surface area contributed by atoms with Gasteiger partial charge in [0.25, 0.3) is 0 Å². The number of carbonyl (C=O) groups excluding carboxylic acids is 1. The van der Waals surface area contributed by atoms with E-state index < -0.39 is 0 Å². The molecule has 146 valence electrons. The summed E-state index contributed by atoms with van der Waals surface area (Å²) in [5.41, 5.74) is 0.992. The summed E-state index contributed by atoms with van der Waals surface area (Å²) in [6.45, 7) is 9.12. The first-order chi connectivity index (χ1) is 12.8. The van der Waals surface area contributed by atoms with Crippen LogP contribution in [0, 0.1) is 23.2 Å². The highest BCUT2D eigenvalue weighted by Crippen LogP contribution is 2.65. The number of carbonyl (C=O) groups is 1. The molecule has 1 aromatic carbocycles. The number of hydrogen-bond acceptors (Lipinski definition) is 3. The van der Waals surface area contributed by atoms with Gasteiger partial charge in [0.2, 0.25) is 0 Å². The molecule has 0 aromatic heterocycles. The van der Waals surface area contributed by atoms with E-state index >= 15 is 0 Å². The fourth-order valence-corrected chi connectivity index (χ4v) is 6.15. The van der Waals surface area contributed by atoms with E-state index in [1.165, 1.54) is 6.42 Å². The number of hydrogen-bond donors (Lipinski definition) is 0. The minimum atomic E-state index is -0.231. The van der Waals surface area contributed by atoms with Gasteiger partial charge in [0.05, 0.1) is 11.7 Å². The molecule has 0 spiro atoms. The number of esters is 1. The van der Waals surface area contributed by atoms with Crippen LogP contribution >= 0.6 is 0 Å². The summed E-state index contributed by atoms with van der Waals surface area (Å²) in [6, 6.07) is 9.90. The predicted molar refractivity (Wildman–Crippen MR) is 107 cm³/mol. The zero-order valence-corrected chi connectivity index (χ0v) is 17.0. The molecule has 2 bridgehead atoms. The van der Waals surface area contributed by atoms with Crippen LogP contribution in [0.3, 0.4) is 0 Å². The summed E-state index contributed by atoms with van der Waals surface area (Å²) in [5, 5.41) is 0. The molecule has 3 nitrogen and oxygen atoms in total. The first-order valence-electron chi connectivity index (χ1n) is 10.4. The molecule has 27 heavy (non-hydrogen) atoms. The van der Waals surface area contributed by atoms with Crippen LogP contribution in [0.5, 0.6) is 0 Å². The molecular formula is C24H32O3. The predicted octanol–water partition coefficient (Wildman–Crippen LogP) is 5.25. The Hall–Kier alpha value is -1.61. The fourth-order valence-electron chi connectivity index (χ4n) is 6.15. The van der Waals surface area contributed by atoms with Crippen molar-refractivity contribution in [1.82, 2.24) is 0 Å². The summed E-state index contributed by atoms with van der Waals surface area (Å²) < 4.78 is 12.6. The largest absolute Gasteiger partial charge is 0.458 e. The van der Waals surface area contributed by atoms with Gasteiger partial charge in [-0.15, -0.1) is 0 Å². The van der Waals surface area contributed by atoms with Crippen molar-refractivity contribution < 1.29 is 14.3 Å². The van der Waals surface area contributed by atoms with Gasteiger partial charge < -0.3 is 9.47 Å². The summed E-state index contributed by atoms with van der Waals surface area (Å²) in [6.07, 6.45) is 8.19. The van der Waals surface area contributed by atoms with Crippen LogP contribution in [-0.4, -0.2) is 23.8 Å². The van der Waals surface area contributed by atoms with Gasteiger partial charge >= 0.3 is 5.97 Å². The molecular weight excluding hydrogens is 336 g/mol. The van der Waals surface area contributed by atoms with Crippen molar-refractivity contribution in [3.8, 4) is 0 Å². The van der Waals surface area contributed by atoms with Gasteiger partial charge in [-0.05, 0) is 56.1 Å². The Morgan fingerprint density at radius 1 is 1.19 bits per heavy atom. The Morgan fingerprint density at radius 3 is 2.63 bits per heavy atom. The average molecular weight is 369 g/mol. The Kier molecular flexibility index (Phi) is 4.70. The van der Waals surface area contributed by atoms with Crippen molar-refractivity contribution in [2.75, 3.05) is 0 Å². The molecule has 4 rings (SSSR count). The maximum atomic E-state index is 12.7. The molecule has 3 aliphatic rings. The topological polar surface area (TPSA) is 35.5 Å². The SMILES string of the molecule is CC(C)[C@@H]1CC[C@]2(C)C([C@@H]1OC(=O)C=Cc1ccccc1)[C@@]1(C)CC[C@@H]2O1. The highest BCUT2D eigenvalue weighted by molar-refractivity contribution is 5.87. The van der Waals surface area contributed by atoms with E-state index in [2.05, 4.69) is 27.7 Å². The Labute approximate surface area is 163 Å². The summed E-state index contributed by atoms with van der Waals surface area (Å²) in [7, 11) is 0. The van der Waals surface area contributed by atoms with Crippen LogP contribution in [0.15, 0.2) is 36.4 Å². The van der Waals surface area contributed by atoms with Crippen molar-refractivity contribution in [3.63, 3.8) is 0 Å². The first kappa shape index (κ1) is 18.7. The van der Waals surface area contributed by atoms with Gasteiger partial charge in [-0.3, -0.25) is 0 Å². The van der Waals surface area contributed by atoms with Crippen LogP contribution in [-0.2, 0) is 14.3 Å². The third kappa shape index (κ3) is 3.14. The standard InChI is InChI=1S/C24H32O3/c1-16(2)18-12-14-23(3)19-13-15-24(4,27-19)22(23)21(18)26-20(25)11-10-17-8-6-5-7-9-17/h5-11,16,18-19,21-22H,12-15H2,1-4H3/t18-,19-,21+,22?,23-,24+/m0/s1. The number of rotatable bonds is 4. The molecule has 1 saturated carbocycles. The lowest BCUT2D eigenvalue weighted by molar-refractivity contribution is -0.166. The molecule has 2 heterocycles. The lowest BCUT2D eigenvalue weighted by Crippen LogP contribution is -2.56. The zero-order valence-electron chi connectivity index (χ0n) is 17.0. The zero-order chi connectivity index (χ0) is 19.2. The molecule has 2 aliphatic heterocycles. The normalized spacial score (nSPS) is 40.5. The summed E-state index contributed by atoms with van der Waals surface area (Å²) in [5.74, 6) is 0.953. The highest BCUT2D eigenvalue weighted by Gasteiger charge is 2.68. The molecule has 1 aliphatic carbocycles. The number of ether oxygens (including phenoxy) is 2. The second-order valence-electron chi connectivity index (χ2n) is 9.53. The van der Waals surface area contributed by atoms with E-state index in [1.54, 1.807) is 6.08 Å². The molecule has 0 radical (unpaired) electrons. The lowest BCUT2D eigenvalue weighted by Gasteiger charge is -2.52. The minimum Gasteiger partial charge on any atom is -0.458 e. The van der Waals surface area contributed by atoms with Crippen LogP contribution < -0.4 is 0 Å². The van der Waals surface area contributed by atoms with E-state index in [4.69, 9.17) is 9.47 Å². The second-order valence-corrected chi connectivity index (χ2v) is 9.53. The Bertz CT molecular complexity index is 724.